The van der Waals surface area contributed by atoms with E-state index in [1.807, 2.05) is 25.1 Å². The van der Waals surface area contributed by atoms with Crippen molar-refractivity contribution in [2.24, 2.45) is 5.84 Å². The van der Waals surface area contributed by atoms with E-state index < -0.39 is 0 Å². The van der Waals surface area contributed by atoms with Gasteiger partial charge in [-0.3, -0.25) is 10.6 Å². The van der Waals surface area contributed by atoms with Gasteiger partial charge in [0.2, 0.25) is 0 Å². The first-order chi connectivity index (χ1) is 9.51. The molecule has 2 aromatic rings. The smallest absolute Gasteiger partial charge is 0.257 e. The third kappa shape index (κ3) is 3.41. The van der Waals surface area contributed by atoms with Gasteiger partial charge in [-0.25, -0.2) is 0 Å². The summed E-state index contributed by atoms with van der Waals surface area (Å²) in [5, 5.41) is 3.28. The van der Waals surface area contributed by atoms with Crippen molar-refractivity contribution < 1.29 is 4.79 Å². The summed E-state index contributed by atoms with van der Waals surface area (Å²) >= 11 is 8.26. The van der Waals surface area contributed by atoms with Gasteiger partial charge in [-0.05, 0) is 65.4 Å². The van der Waals surface area contributed by atoms with Crippen molar-refractivity contribution in [1.29, 1.82) is 0 Å². The van der Waals surface area contributed by atoms with E-state index >= 15 is 0 Å². The maximum atomic E-state index is 12.3. The van der Waals surface area contributed by atoms with Crippen molar-refractivity contribution in [3.8, 4) is 0 Å². The lowest BCUT2D eigenvalue weighted by atomic mass is 10.1. The molecule has 0 aromatic heterocycles. The Bertz CT molecular complexity index is 661. The van der Waals surface area contributed by atoms with Crippen molar-refractivity contribution >= 4 is 51.5 Å². The Hall–Kier alpha value is -1.31. The standard InChI is InChI=1S/C14H13ClIN3O/c1-8-2-4-10(13(6-8)19-17)14(20)18-12-5-3-9(16)7-11(12)15/h2-7,19H,17H2,1H3,(H,18,20). The Kier molecular flexibility index (Phi) is 4.85. The molecule has 0 heterocycles. The lowest BCUT2D eigenvalue weighted by Crippen LogP contribution is -2.17. The summed E-state index contributed by atoms with van der Waals surface area (Å²) in [6.45, 7) is 1.93. The molecule has 6 heteroatoms. The van der Waals surface area contributed by atoms with Crippen LogP contribution in [0.1, 0.15) is 15.9 Å². The summed E-state index contributed by atoms with van der Waals surface area (Å²) in [7, 11) is 0. The zero-order chi connectivity index (χ0) is 14.7. The lowest BCUT2D eigenvalue weighted by molar-refractivity contribution is 0.102. The van der Waals surface area contributed by atoms with Gasteiger partial charge >= 0.3 is 0 Å². The van der Waals surface area contributed by atoms with E-state index in [1.165, 1.54) is 0 Å². The number of amides is 1. The summed E-state index contributed by atoms with van der Waals surface area (Å²) in [4.78, 5) is 12.3. The van der Waals surface area contributed by atoms with Crippen LogP contribution < -0.4 is 16.6 Å². The van der Waals surface area contributed by atoms with Gasteiger partial charge in [-0.2, -0.15) is 0 Å². The molecule has 0 saturated carbocycles. The summed E-state index contributed by atoms with van der Waals surface area (Å²) < 4.78 is 1.00. The highest BCUT2D eigenvalue weighted by molar-refractivity contribution is 14.1. The van der Waals surface area contributed by atoms with E-state index in [0.717, 1.165) is 9.13 Å². The molecule has 4 nitrogen and oxygen atoms in total. The van der Waals surface area contributed by atoms with Gasteiger partial charge in [0.1, 0.15) is 0 Å². The summed E-state index contributed by atoms with van der Waals surface area (Å²) in [6.07, 6.45) is 0. The van der Waals surface area contributed by atoms with Crippen LogP contribution in [0, 0.1) is 10.5 Å². The van der Waals surface area contributed by atoms with Crippen LogP contribution in [0.25, 0.3) is 0 Å². The van der Waals surface area contributed by atoms with Crippen LogP contribution in [0.15, 0.2) is 36.4 Å². The Balaban J connectivity index is 2.28. The molecule has 4 N–H and O–H groups in total. The first-order valence-electron chi connectivity index (χ1n) is 5.85. The molecule has 0 aliphatic heterocycles. The first kappa shape index (κ1) is 15.1. The maximum absolute atomic E-state index is 12.3. The van der Waals surface area contributed by atoms with Crippen molar-refractivity contribution in [3.05, 3.63) is 56.1 Å². The number of hydrogen-bond acceptors (Lipinski definition) is 3. The fourth-order valence-electron chi connectivity index (χ4n) is 1.76. The molecule has 0 fully saturated rings. The largest absolute Gasteiger partial charge is 0.323 e. The zero-order valence-electron chi connectivity index (χ0n) is 10.7. The lowest BCUT2D eigenvalue weighted by Gasteiger charge is -2.11. The molecule has 2 aromatic carbocycles. The predicted octanol–water partition coefficient (Wildman–Crippen LogP) is 3.79. The number of nitrogen functional groups attached to an aromatic ring is 1. The van der Waals surface area contributed by atoms with Crippen LogP contribution in [-0.4, -0.2) is 5.91 Å². The average molecular weight is 402 g/mol. The monoisotopic (exact) mass is 401 g/mol. The van der Waals surface area contributed by atoms with Gasteiger partial charge in [0.15, 0.2) is 0 Å². The second-order valence-corrected chi connectivity index (χ2v) is 5.92. The number of aryl methyl sites for hydroxylation is 1. The Morgan fingerprint density at radius 2 is 1.95 bits per heavy atom. The van der Waals surface area contributed by atoms with E-state index in [-0.39, 0.29) is 5.91 Å². The zero-order valence-corrected chi connectivity index (χ0v) is 13.6. The molecule has 20 heavy (non-hydrogen) atoms. The minimum absolute atomic E-state index is 0.263. The van der Waals surface area contributed by atoms with Crippen LogP contribution in [0.3, 0.4) is 0 Å². The molecule has 104 valence electrons. The van der Waals surface area contributed by atoms with Gasteiger partial charge in [0.05, 0.1) is 22.0 Å². The van der Waals surface area contributed by atoms with Crippen LogP contribution in [0.2, 0.25) is 5.02 Å². The molecular formula is C14H13ClIN3O. The van der Waals surface area contributed by atoms with Crippen molar-refractivity contribution in [2.45, 2.75) is 6.92 Å². The van der Waals surface area contributed by atoms with Gasteiger partial charge in [-0.1, -0.05) is 17.7 Å². The molecule has 0 bridgehead atoms. The number of anilines is 2. The van der Waals surface area contributed by atoms with E-state index in [9.17, 15) is 4.79 Å². The summed E-state index contributed by atoms with van der Waals surface area (Å²) in [5.41, 5.74) is 5.16. The van der Waals surface area contributed by atoms with Gasteiger partial charge < -0.3 is 10.7 Å². The van der Waals surface area contributed by atoms with Crippen molar-refractivity contribution in [1.82, 2.24) is 0 Å². The number of hydrogen-bond donors (Lipinski definition) is 3. The van der Waals surface area contributed by atoms with Crippen LogP contribution in [0.4, 0.5) is 11.4 Å². The Morgan fingerprint density at radius 3 is 2.60 bits per heavy atom. The van der Waals surface area contributed by atoms with Gasteiger partial charge in [0, 0.05) is 3.57 Å². The second-order valence-electron chi connectivity index (χ2n) is 4.27. The minimum atomic E-state index is -0.263. The van der Waals surface area contributed by atoms with Crippen LogP contribution in [-0.2, 0) is 0 Å². The number of carbonyl (C=O) groups excluding carboxylic acids is 1. The molecular weight excluding hydrogens is 389 g/mol. The molecule has 1 amide bonds. The molecule has 2 rings (SSSR count). The molecule has 0 saturated heterocycles. The first-order valence-corrected chi connectivity index (χ1v) is 7.30. The predicted molar refractivity (Wildman–Crippen MR) is 91.1 cm³/mol. The highest BCUT2D eigenvalue weighted by atomic mass is 127. The molecule has 0 spiro atoms. The number of hydrazine groups is 1. The topological polar surface area (TPSA) is 67.2 Å². The summed E-state index contributed by atoms with van der Waals surface area (Å²) in [5.74, 6) is 5.18. The number of benzene rings is 2. The second kappa shape index (κ2) is 6.43. The Labute approximate surface area is 135 Å². The highest BCUT2D eigenvalue weighted by Crippen LogP contribution is 2.25. The molecule has 0 aliphatic rings. The molecule has 0 aliphatic carbocycles. The average Bonchev–Trinajstić information content (AvgIpc) is 2.41. The SMILES string of the molecule is Cc1ccc(C(=O)Nc2ccc(I)cc2Cl)c(NN)c1. The number of halogens is 2. The van der Waals surface area contributed by atoms with E-state index in [1.54, 1.807) is 18.2 Å². The maximum Gasteiger partial charge on any atom is 0.257 e. The third-order valence-corrected chi connectivity index (χ3v) is 3.74. The Morgan fingerprint density at radius 1 is 1.20 bits per heavy atom. The summed E-state index contributed by atoms with van der Waals surface area (Å²) in [6, 6.07) is 10.8. The normalized spacial score (nSPS) is 10.2. The van der Waals surface area contributed by atoms with E-state index in [4.69, 9.17) is 17.4 Å². The van der Waals surface area contributed by atoms with E-state index in [2.05, 4.69) is 33.3 Å². The van der Waals surface area contributed by atoms with Crippen molar-refractivity contribution in [2.75, 3.05) is 10.7 Å². The van der Waals surface area contributed by atoms with Crippen LogP contribution in [0.5, 0.6) is 0 Å². The van der Waals surface area contributed by atoms with E-state index in [0.29, 0.717) is 22.0 Å². The number of carbonyl (C=O) groups is 1. The molecule has 0 radical (unpaired) electrons. The van der Waals surface area contributed by atoms with Crippen LogP contribution >= 0.6 is 34.2 Å². The number of rotatable bonds is 3. The van der Waals surface area contributed by atoms with Gasteiger partial charge in [-0.15, -0.1) is 0 Å². The minimum Gasteiger partial charge on any atom is -0.323 e. The fraction of sp³-hybridized carbons (Fsp3) is 0.0714. The fourth-order valence-corrected chi connectivity index (χ4v) is 2.66. The quantitative estimate of drug-likeness (QED) is 0.416. The number of nitrogens with one attached hydrogen (secondary N) is 2. The molecule has 0 atom stereocenters. The molecule has 0 unspecified atom stereocenters. The number of nitrogens with two attached hydrogens (primary N) is 1. The van der Waals surface area contributed by atoms with Gasteiger partial charge in [0.25, 0.3) is 5.91 Å². The third-order valence-electron chi connectivity index (χ3n) is 2.75. The highest BCUT2D eigenvalue weighted by Gasteiger charge is 2.12. The van der Waals surface area contributed by atoms with Crippen molar-refractivity contribution in [3.63, 3.8) is 0 Å².